The third-order valence-corrected chi connectivity index (χ3v) is 4.03. The number of benzene rings is 1. The SMILES string of the molecule is CNc1ccc(-c2nn3c(C(C)(C)C)nnc3s2)cc1. The van der Waals surface area contributed by atoms with Crippen LogP contribution in [0.25, 0.3) is 15.5 Å². The van der Waals surface area contributed by atoms with Gasteiger partial charge in [0.15, 0.2) is 5.82 Å². The molecule has 2 aromatic heterocycles. The number of aromatic nitrogens is 4. The number of hydrogen-bond acceptors (Lipinski definition) is 5. The van der Waals surface area contributed by atoms with E-state index in [2.05, 4.69) is 53.5 Å². The fourth-order valence-electron chi connectivity index (χ4n) is 1.98. The summed E-state index contributed by atoms with van der Waals surface area (Å²) < 4.78 is 1.85. The third-order valence-electron chi connectivity index (χ3n) is 3.08. The van der Waals surface area contributed by atoms with Crippen molar-refractivity contribution in [3.8, 4) is 10.6 Å². The molecule has 0 unspecified atom stereocenters. The van der Waals surface area contributed by atoms with E-state index < -0.39 is 0 Å². The zero-order valence-corrected chi connectivity index (χ0v) is 12.8. The number of nitrogens with zero attached hydrogens (tertiary/aromatic N) is 4. The predicted octanol–water partition coefficient (Wildman–Crippen LogP) is 3.19. The summed E-state index contributed by atoms with van der Waals surface area (Å²) in [4.78, 5) is 0.836. The third kappa shape index (κ3) is 2.16. The lowest BCUT2D eigenvalue weighted by molar-refractivity contribution is 0.528. The Bertz CT molecular complexity index is 733. The first kappa shape index (κ1) is 13.1. The highest BCUT2D eigenvalue weighted by atomic mass is 32.1. The highest BCUT2D eigenvalue weighted by Gasteiger charge is 2.23. The molecule has 0 saturated heterocycles. The Morgan fingerprint density at radius 3 is 2.40 bits per heavy atom. The molecule has 6 heteroatoms. The van der Waals surface area contributed by atoms with Gasteiger partial charge in [-0.3, -0.25) is 0 Å². The number of fused-ring (bicyclic) bond motifs is 1. The van der Waals surface area contributed by atoms with Gasteiger partial charge in [-0.15, -0.1) is 10.2 Å². The molecule has 3 aromatic rings. The summed E-state index contributed by atoms with van der Waals surface area (Å²) in [5.41, 5.74) is 2.12. The van der Waals surface area contributed by atoms with Gasteiger partial charge in [-0.1, -0.05) is 32.1 Å². The van der Waals surface area contributed by atoms with Crippen molar-refractivity contribution in [2.24, 2.45) is 0 Å². The molecule has 2 heterocycles. The van der Waals surface area contributed by atoms with Crippen LogP contribution in [0.2, 0.25) is 0 Å². The minimum absolute atomic E-state index is 0.0687. The Morgan fingerprint density at radius 1 is 1.10 bits per heavy atom. The Morgan fingerprint density at radius 2 is 1.80 bits per heavy atom. The molecule has 1 aromatic carbocycles. The van der Waals surface area contributed by atoms with Gasteiger partial charge in [-0.25, -0.2) is 0 Å². The summed E-state index contributed by atoms with van der Waals surface area (Å²) in [6.45, 7) is 6.35. The number of hydrogen-bond donors (Lipinski definition) is 1. The van der Waals surface area contributed by atoms with Crippen molar-refractivity contribution >= 4 is 22.0 Å². The summed E-state index contributed by atoms with van der Waals surface area (Å²) in [5.74, 6) is 0.891. The van der Waals surface area contributed by atoms with Crippen LogP contribution in [0.1, 0.15) is 26.6 Å². The van der Waals surface area contributed by atoms with E-state index in [0.29, 0.717) is 0 Å². The molecule has 5 nitrogen and oxygen atoms in total. The van der Waals surface area contributed by atoms with Gasteiger partial charge in [0.1, 0.15) is 5.01 Å². The van der Waals surface area contributed by atoms with Gasteiger partial charge >= 0.3 is 0 Å². The number of nitrogens with one attached hydrogen (secondary N) is 1. The summed E-state index contributed by atoms with van der Waals surface area (Å²) in [6, 6.07) is 8.22. The van der Waals surface area contributed by atoms with E-state index in [-0.39, 0.29) is 5.41 Å². The maximum Gasteiger partial charge on any atom is 0.235 e. The summed E-state index contributed by atoms with van der Waals surface area (Å²) in [5, 5.41) is 17.2. The van der Waals surface area contributed by atoms with E-state index >= 15 is 0 Å². The maximum atomic E-state index is 4.65. The van der Waals surface area contributed by atoms with E-state index in [0.717, 1.165) is 27.0 Å². The van der Waals surface area contributed by atoms with Crippen molar-refractivity contribution in [2.45, 2.75) is 26.2 Å². The molecule has 0 aliphatic carbocycles. The van der Waals surface area contributed by atoms with Gasteiger partial charge in [-0.05, 0) is 24.3 Å². The molecule has 1 N–H and O–H groups in total. The molecular formula is C14H17N5S. The average molecular weight is 287 g/mol. The van der Waals surface area contributed by atoms with E-state index in [1.807, 2.05) is 23.7 Å². The van der Waals surface area contributed by atoms with Gasteiger partial charge in [0.25, 0.3) is 0 Å². The number of rotatable bonds is 2. The lowest BCUT2D eigenvalue weighted by Gasteiger charge is -2.13. The first-order valence-corrected chi connectivity index (χ1v) is 7.31. The Labute approximate surface area is 121 Å². The van der Waals surface area contributed by atoms with Crippen molar-refractivity contribution in [2.75, 3.05) is 12.4 Å². The minimum atomic E-state index is -0.0687. The molecule has 0 amide bonds. The van der Waals surface area contributed by atoms with Crippen LogP contribution >= 0.6 is 11.3 Å². The summed E-state index contributed by atoms with van der Waals surface area (Å²) in [7, 11) is 1.91. The molecule has 0 aliphatic heterocycles. The molecule has 0 atom stereocenters. The topological polar surface area (TPSA) is 55.1 Å². The molecule has 0 saturated carbocycles. The van der Waals surface area contributed by atoms with Crippen molar-refractivity contribution in [1.29, 1.82) is 0 Å². The molecule has 0 fully saturated rings. The molecule has 20 heavy (non-hydrogen) atoms. The van der Waals surface area contributed by atoms with Crippen LogP contribution in [-0.4, -0.2) is 26.9 Å². The smallest absolute Gasteiger partial charge is 0.235 e. The van der Waals surface area contributed by atoms with Crippen LogP contribution in [0, 0.1) is 0 Å². The van der Waals surface area contributed by atoms with Crippen molar-refractivity contribution in [3.63, 3.8) is 0 Å². The first-order valence-electron chi connectivity index (χ1n) is 6.50. The van der Waals surface area contributed by atoms with Crippen LogP contribution in [0.15, 0.2) is 24.3 Å². The number of anilines is 1. The second-order valence-electron chi connectivity index (χ2n) is 5.70. The van der Waals surface area contributed by atoms with Crippen LogP contribution in [0.3, 0.4) is 0 Å². The quantitative estimate of drug-likeness (QED) is 0.786. The predicted molar refractivity (Wildman–Crippen MR) is 82.3 cm³/mol. The molecule has 0 spiro atoms. The average Bonchev–Trinajstić information content (AvgIpc) is 2.97. The van der Waals surface area contributed by atoms with E-state index in [4.69, 9.17) is 0 Å². The van der Waals surface area contributed by atoms with E-state index in [1.54, 1.807) is 11.3 Å². The van der Waals surface area contributed by atoms with Crippen LogP contribution in [0.5, 0.6) is 0 Å². The highest BCUT2D eigenvalue weighted by Crippen LogP contribution is 2.29. The van der Waals surface area contributed by atoms with Gasteiger partial charge in [0, 0.05) is 23.7 Å². The molecule has 3 rings (SSSR count). The summed E-state index contributed by atoms with van der Waals surface area (Å²) in [6.07, 6.45) is 0. The Balaban J connectivity index is 2.06. The molecular weight excluding hydrogens is 270 g/mol. The van der Waals surface area contributed by atoms with Crippen molar-refractivity contribution < 1.29 is 0 Å². The largest absolute Gasteiger partial charge is 0.388 e. The normalized spacial score (nSPS) is 12.0. The minimum Gasteiger partial charge on any atom is -0.388 e. The molecule has 104 valence electrons. The molecule has 0 radical (unpaired) electrons. The lowest BCUT2D eigenvalue weighted by Crippen LogP contribution is -2.16. The fourth-order valence-corrected chi connectivity index (χ4v) is 2.83. The molecule has 0 bridgehead atoms. The second kappa shape index (κ2) is 4.56. The lowest BCUT2D eigenvalue weighted by atomic mass is 9.96. The van der Waals surface area contributed by atoms with Crippen LogP contribution in [-0.2, 0) is 5.41 Å². The fraction of sp³-hybridized carbons (Fsp3) is 0.357. The van der Waals surface area contributed by atoms with Crippen LogP contribution in [0.4, 0.5) is 5.69 Å². The van der Waals surface area contributed by atoms with E-state index in [1.165, 1.54) is 0 Å². The zero-order chi connectivity index (χ0) is 14.3. The highest BCUT2D eigenvalue weighted by molar-refractivity contribution is 7.19. The van der Waals surface area contributed by atoms with Crippen LogP contribution < -0.4 is 5.32 Å². The van der Waals surface area contributed by atoms with Gasteiger partial charge in [0.05, 0.1) is 0 Å². The maximum absolute atomic E-state index is 4.65. The van der Waals surface area contributed by atoms with E-state index in [9.17, 15) is 0 Å². The first-order chi connectivity index (χ1) is 9.49. The monoisotopic (exact) mass is 287 g/mol. The molecule has 0 aliphatic rings. The van der Waals surface area contributed by atoms with Crippen molar-refractivity contribution in [3.05, 3.63) is 30.1 Å². The standard InChI is InChI=1S/C14H17N5S/c1-14(2,3)12-16-17-13-19(12)18-11(20-13)9-5-7-10(15-4)8-6-9/h5-8,15H,1-4H3. The van der Waals surface area contributed by atoms with Gasteiger partial charge < -0.3 is 5.32 Å². The Hall–Kier alpha value is -1.95. The van der Waals surface area contributed by atoms with Gasteiger partial charge in [-0.2, -0.15) is 9.61 Å². The summed E-state index contributed by atoms with van der Waals surface area (Å²) >= 11 is 1.56. The zero-order valence-electron chi connectivity index (χ0n) is 12.0. The Kier molecular flexibility index (Phi) is 2.97. The van der Waals surface area contributed by atoms with Gasteiger partial charge in [0.2, 0.25) is 4.96 Å². The van der Waals surface area contributed by atoms with Crippen molar-refractivity contribution in [1.82, 2.24) is 19.8 Å². The second-order valence-corrected chi connectivity index (χ2v) is 6.66.